The zero-order chi connectivity index (χ0) is 20.7. The van der Waals surface area contributed by atoms with Gasteiger partial charge < -0.3 is 15.3 Å². The number of aromatic hydroxyl groups is 1. The highest BCUT2D eigenvalue weighted by Gasteiger charge is 2.21. The highest BCUT2D eigenvalue weighted by atomic mass is 32.1. The lowest BCUT2D eigenvalue weighted by molar-refractivity contribution is 0.104. The average Bonchev–Trinajstić information content (AvgIpc) is 3.37. The summed E-state index contributed by atoms with van der Waals surface area (Å²) in [6, 6.07) is 22.3. The highest BCUT2D eigenvalue weighted by Crippen LogP contribution is 2.41. The third kappa shape index (κ3) is 3.13. The van der Waals surface area contributed by atoms with Gasteiger partial charge in [-0.25, -0.2) is 0 Å². The summed E-state index contributed by atoms with van der Waals surface area (Å²) in [5.74, 6) is 0.132. The van der Waals surface area contributed by atoms with E-state index in [0.717, 1.165) is 26.8 Å². The van der Waals surface area contributed by atoms with E-state index in [9.17, 15) is 9.90 Å². The van der Waals surface area contributed by atoms with Crippen molar-refractivity contribution in [1.29, 1.82) is 0 Å². The number of anilines is 1. The minimum atomic E-state index is -0.0420. The highest BCUT2D eigenvalue weighted by molar-refractivity contribution is 7.21. The molecule has 0 fully saturated rings. The summed E-state index contributed by atoms with van der Waals surface area (Å²) in [4.78, 5) is 18.1. The Morgan fingerprint density at radius 3 is 2.40 bits per heavy atom. The number of hydrogen-bond acceptors (Lipinski definition) is 6. The Morgan fingerprint density at radius 1 is 0.967 bits per heavy atom. The van der Waals surface area contributed by atoms with E-state index in [4.69, 9.17) is 10.2 Å². The Labute approximate surface area is 176 Å². The van der Waals surface area contributed by atoms with Crippen molar-refractivity contribution in [3.8, 4) is 28.1 Å². The number of carbonyl (C=O) groups is 1. The number of nitrogens with two attached hydrogens (primary N) is 1. The number of thiophene rings is 1. The average molecular weight is 412 g/mol. The van der Waals surface area contributed by atoms with Gasteiger partial charge in [-0.3, -0.25) is 4.79 Å². The Bertz CT molecular complexity index is 1370. The number of hydrogen-bond donors (Lipinski definition) is 2. The number of fused-ring (bicyclic) bond motifs is 1. The summed E-state index contributed by atoms with van der Waals surface area (Å²) >= 11 is 1.39. The number of benzene rings is 3. The normalized spacial score (nSPS) is 11.1. The van der Waals surface area contributed by atoms with E-state index in [1.807, 2.05) is 60.7 Å². The van der Waals surface area contributed by atoms with Gasteiger partial charge in [0, 0.05) is 26.8 Å². The zero-order valence-electron chi connectivity index (χ0n) is 15.7. The lowest BCUT2D eigenvalue weighted by Crippen LogP contribution is -2.00. The minimum Gasteiger partial charge on any atom is -0.508 e. The molecule has 0 aliphatic rings. The molecule has 30 heavy (non-hydrogen) atoms. The van der Waals surface area contributed by atoms with Gasteiger partial charge >= 0.3 is 0 Å². The molecule has 0 bridgehead atoms. The first-order valence-electron chi connectivity index (χ1n) is 9.27. The second-order valence-electron chi connectivity index (χ2n) is 6.83. The van der Waals surface area contributed by atoms with Crippen LogP contribution in [0.2, 0.25) is 0 Å². The van der Waals surface area contributed by atoms with Crippen LogP contribution in [0.25, 0.3) is 32.5 Å². The summed E-state index contributed by atoms with van der Waals surface area (Å²) in [5.41, 5.74) is 9.49. The van der Waals surface area contributed by atoms with Crippen molar-refractivity contribution >= 4 is 33.2 Å². The molecular formula is C24H16N2O3S. The molecule has 0 radical (unpaired) electrons. The number of phenolic OH excluding ortho intramolecular Hbond substituents is 1. The van der Waals surface area contributed by atoms with E-state index < -0.39 is 0 Å². The molecule has 6 heteroatoms. The third-order valence-electron chi connectivity index (χ3n) is 4.91. The summed E-state index contributed by atoms with van der Waals surface area (Å²) in [6.45, 7) is 0. The van der Waals surface area contributed by atoms with Crippen LogP contribution in [0.5, 0.6) is 5.75 Å². The van der Waals surface area contributed by atoms with E-state index in [1.54, 1.807) is 12.1 Å². The monoisotopic (exact) mass is 412 g/mol. The second-order valence-corrected chi connectivity index (χ2v) is 7.88. The van der Waals surface area contributed by atoms with Crippen molar-refractivity contribution in [3.63, 3.8) is 0 Å². The van der Waals surface area contributed by atoms with Crippen LogP contribution in [0.3, 0.4) is 0 Å². The molecule has 2 aromatic heterocycles. The number of carbonyl (C=O) groups excluding carboxylic acids is 1. The zero-order valence-corrected chi connectivity index (χ0v) is 16.5. The van der Waals surface area contributed by atoms with Crippen molar-refractivity contribution in [1.82, 2.24) is 4.98 Å². The molecule has 2 heterocycles. The molecule has 5 nitrogen and oxygen atoms in total. The summed E-state index contributed by atoms with van der Waals surface area (Å²) in [6.07, 6.45) is 1.51. The molecule has 0 atom stereocenters. The van der Waals surface area contributed by atoms with Crippen LogP contribution in [-0.2, 0) is 0 Å². The lowest BCUT2D eigenvalue weighted by Gasteiger charge is -2.06. The summed E-state index contributed by atoms with van der Waals surface area (Å²) in [5, 5.41) is 10.8. The number of ketones is 1. The van der Waals surface area contributed by atoms with Crippen molar-refractivity contribution < 1.29 is 14.3 Å². The molecule has 0 amide bonds. The quantitative estimate of drug-likeness (QED) is 0.367. The molecule has 3 N–H and O–H groups in total. The fraction of sp³-hybridized carbons (Fsp3) is 0. The van der Waals surface area contributed by atoms with Crippen LogP contribution >= 0.6 is 11.3 Å². The molecule has 5 aromatic rings. The van der Waals surface area contributed by atoms with Crippen LogP contribution in [0.1, 0.15) is 15.2 Å². The van der Waals surface area contributed by atoms with Crippen LogP contribution in [0, 0.1) is 0 Å². The molecular weight excluding hydrogens is 396 g/mol. The summed E-state index contributed by atoms with van der Waals surface area (Å²) < 4.78 is 5.95. The number of nitrogen functional groups attached to an aromatic ring is 1. The van der Waals surface area contributed by atoms with Gasteiger partial charge in [-0.05, 0) is 23.8 Å². The van der Waals surface area contributed by atoms with E-state index >= 15 is 0 Å². The Balaban J connectivity index is 1.66. The number of rotatable bonds is 4. The van der Waals surface area contributed by atoms with Gasteiger partial charge in [0.1, 0.15) is 17.7 Å². The molecule has 146 valence electrons. The maximum Gasteiger partial charge on any atom is 0.292 e. The Morgan fingerprint density at radius 2 is 1.70 bits per heavy atom. The molecule has 0 unspecified atom stereocenters. The van der Waals surface area contributed by atoms with Crippen LogP contribution in [-0.4, -0.2) is 15.9 Å². The second kappa shape index (κ2) is 7.17. The first-order chi connectivity index (χ1) is 14.6. The SMILES string of the molecule is Nc1nc(-c2ccc(-c3c(C(=O)c4ccccc4)sc4cc(O)ccc34)cc2)co1. The van der Waals surface area contributed by atoms with Gasteiger partial charge in [-0.15, -0.1) is 11.3 Å². The van der Waals surface area contributed by atoms with Gasteiger partial charge in [-0.2, -0.15) is 4.98 Å². The smallest absolute Gasteiger partial charge is 0.292 e. The molecule has 0 aliphatic carbocycles. The number of oxazole rings is 1. The van der Waals surface area contributed by atoms with Gasteiger partial charge in [0.15, 0.2) is 0 Å². The van der Waals surface area contributed by atoms with Crippen LogP contribution < -0.4 is 5.73 Å². The van der Waals surface area contributed by atoms with E-state index in [1.165, 1.54) is 17.6 Å². The molecule has 5 rings (SSSR count). The molecule has 3 aromatic carbocycles. The van der Waals surface area contributed by atoms with Gasteiger partial charge in [0.25, 0.3) is 6.01 Å². The summed E-state index contributed by atoms with van der Waals surface area (Å²) in [7, 11) is 0. The molecule has 0 aliphatic heterocycles. The standard InChI is InChI=1S/C24H16N2O3S/c25-24-26-19(13-29-24)14-6-8-15(9-7-14)21-18-11-10-17(27)12-20(18)30-23(21)22(28)16-4-2-1-3-5-16/h1-13,27H,(H2,25,26). The van der Waals surface area contributed by atoms with E-state index in [0.29, 0.717) is 16.1 Å². The topological polar surface area (TPSA) is 89.3 Å². The van der Waals surface area contributed by atoms with Gasteiger partial charge in [-0.1, -0.05) is 54.6 Å². The number of aromatic nitrogens is 1. The fourth-order valence-corrected chi connectivity index (χ4v) is 4.70. The minimum absolute atomic E-state index is 0.0420. The third-order valence-corrected chi connectivity index (χ3v) is 6.06. The lowest BCUT2D eigenvalue weighted by atomic mass is 9.97. The van der Waals surface area contributed by atoms with E-state index in [2.05, 4.69) is 4.98 Å². The van der Waals surface area contributed by atoms with Crippen molar-refractivity contribution in [2.75, 3.05) is 5.73 Å². The van der Waals surface area contributed by atoms with E-state index in [-0.39, 0.29) is 17.5 Å². The Hall–Kier alpha value is -3.90. The predicted molar refractivity (Wildman–Crippen MR) is 119 cm³/mol. The Kier molecular flexibility index (Phi) is 4.34. The van der Waals surface area contributed by atoms with Crippen LogP contribution in [0.4, 0.5) is 6.01 Å². The largest absolute Gasteiger partial charge is 0.508 e. The van der Waals surface area contributed by atoms with Crippen molar-refractivity contribution in [3.05, 3.63) is 89.5 Å². The van der Waals surface area contributed by atoms with Gasteiger partial charge in [0.2, 0.25) is 5.78 Å². The molecule has 0 saturated carbocycles. The first-order valence-corrected chi connectivity index (χ1v) is 10.1. The predicted octanol–water partition coefficient (Wildman–Crippen LogP) is 5.74. The van der Waals surface area contributed by atoms with Crippen LogP contribution in [0.15, 0.2) is 83.5 Å². The maximum atomic E-state index is 13.3. The number of nitrogens with zero attached hydrogens (tertiary/aromatic N) is 1. The number of phenols is 1. The first kappa shape index (κ1) is 18.1. The maximum absolute atomic E-state index is 13.3. The molecule has 0 spiro atoms. The van der Waals surface area contributed by atoms with Crippen molar-refractivity contribution in [2.24, 2.45) is 0 Å². The van der Waals surface area contributed by atoms with Crippen molar-refractivity contribution in [2.45, 2.75) is 0 Å². The molecule has 0 saturated heterocycles. The fourth-order valence-electron chi connectivity index (χ4n) is 3.48. The van der Waals surface area contributed by atoms with Gasteiger partial charge in [0.05, 0.1) is 4.88 Å².